The molecular formula is C45H65FN2. The lowest BCUT2D eigenvalue weighted by Crippen LogP contribution is -2.11. The van der Waals surface area contributed by atoms with E-state index in [-0.39, 0.29) is 5.82 Å². The van der Waals surface area contributed by atoms with Crippen molar-refractivity contribution >= 4 is 11.4 Å². The second-order valence-electron chi connectivity index (χ2n) is 14.4. The number of rotatable bonds is 3. The standard InChI is InChI=1S/C23H33N.C11H15F.C11H17N/c1-12-14(3)18(7)22(19(8)15(12)4)11-24-23-20(9)16(5)13(2)17(6)21(23)10;2*1-6-7(2)9(4)11(12)10(5)8(6)3/h24H,11H2,1-10H3;1-5H3;12H2,1-5H3. The summed E-state index contributed by atoms with van der Waals surface area (Å²) >= 11 is 0. The summed E-state index contributed by atoms with van der Waals surface area (Å²) < 4.78 is 13.4. The van der Waals surface area contributed by atoms with Gasteiger partial charge in [0.05, 0.1) is 0 Å². The number of nitrogen functional groups attached to an aromatic ring is 1. The van der Waals surface area contributed by atoms with Crippen molar-refractivity contribution in [2.24, 2.45) is 0 Å². The Balaban J connectivity index is 0.000000279. The minimum Gasteiger partial charge on any atom is -0.398 e. The maximum Gasteiger partial charge on any atom is 0.129 e. The van der Waals surface area contributed by atoms with E-state index in [1.807, 2.05) is 34.6 Å². The Labute approximate surface area is 293 Å². The molecule has 0 aromatic heterocycles. The van der Waals surface area contributed by atoms with Crippen molar-refractivity contribution in [2.75, 3.05) is 11.1 Å². The zero-order valence-electron chi connectivity index (χ0n) is 34.2. The second-order valence-corrected chi connectivity index (χ2v) is 14.4. The lowest BCUT2D eigenvalue weighted by molar-refractivity contribution is 0.605. The molecule has 0 fully saturated rings. The van der Waals surface area contributed by atoms with Crippen molar-refractivity contribution in [2.45, 2.75) is 145 Å². The van der Waals surface area contributed by atoms with Crippen LogP contribution < -0.4 is 11.1 Å². The molecule has 0 saturated heterocycles. The molecule has 0 bridgehead atoms. The van der Waals surface area contributed by atoms with Gasteiger partial charge in [-0.05, 0) is 255 Å². The van der Waals surface area contributed by atoms with E-state index in [0.29, 0.717) is 0 Å². The largest absolute Gasteiger partial charge is 0.398 e. The lowest BCUT2D eigenvalue weighted by atomic mass is 9.89. The molecule has 4 aromatic rings. The molecule has 0 spiro atoms. The number of hydrogen-bond donors (Lipinski definition) is 2. The summed E-state index contributed by atoms with van der Waals surface area (Å²) in [5, 5.41) is 3.76. The Bertz CT molecular complexity index is 1470. The van der Waals surface area contributed by atoms with E-state index in [1.165, 1.54) is 100 Å². The zero-order chi connectivity index (χ0) is 37.3. The van der Waals surface area contributed by atoms with Crippen molar-refractivity contribution < 1.29 is 4.39 Å². The highest BCUT2D eigenvalue weighted by Gasteiger charge is 2.16. The first kappa shape index (κ1) is 40.6. The Hall–Kier alpha value is -3.59. The van der Waals surface area contributed by atoms with Crippen LogP contribution >= 0.6 is 0 Å². The summed E-state index contributed by atoms with van der Waals surface area (Å²) in [5.41, 5.74) is 35.3. The van der Waals surface area contributed by atoms with Gasteiger partial charge in [-0.25, -0.2) is 4.39 Å². The number of anilines is 2. The molecule has 0 unspecified atom stereocenters. The summed E-state index contributed by atoms with van der Waals surface area (Å²) in [6.45, 7) is 43.6. The van der Waals surface area contributed by atoms with Crippen LogP contribution in [0.15, 0.2) is 0 Å². The van der Waals surface area contributed by atoms with Gasteiger partial charge in [0.25, 0.3) is 0 Å². The van der Waals surface area contributed by atoms with Crippen molar-refractivity contribution in [3.05, 3.63) is 123 Å². The van der Waals surface area contributed by atoms with Gasteiger partial charge in [0.15, 0.2) is 0 Å². The first-order chi connectivity index (χ1) is 22.0. The molecule has 3 N–H and O–H groups in total. The molecule has 4 aromatic carbocycles. The molecular weight excluding hydrogens is 588 g/mol. The van der Waals surface area contributed by atoms with Crippen LogP contribution in [-0.2, 0) is 6.54 Å². The van der Waals surface area contributed by atoms with Crippen LogP contribution in [0.5, 0.6) is 0 Å². The number of nitrogens with two attached hydrogens (primary N) is 1. The number of benzene rings is 4. The minimum atomic E-state index is -0.0457. The molecule has 262 valence electrons. The van der Waals surface area contributed by atoms with E-state index in [0.717, 1.165) is 34.5 Å². The average molecular weight is 653 g/mol. The topological polar surface area (TPSA) is 38.0 Å². The van der Waals surface area contributed by atoms with E-state index in [4.69, 9.17) is 5.73 Å². The molecule has 0 atom stereocenters. The van der Waals surface area contributed by atoms with Crippen molar-refractivity contribution in [3.63, 3.8) is 0 Å². The third-order valence-electron chi connectivity index (χ3n) is 12.6. The van der Waals surface area contributed by atoms with E-state index in [1.54, 1.807) is 0 Å². The van der Waals surface area contributed by atoms with Gasteiger partial charge in [-0.15, -0.1) is 0 Å². The van der Waals surface area contributed by atoms with Crippen LogP contribution in [0.3, 0.4) is 0 Å². The zero-order valence-corrected chi connectivity index (χ0v) is 34.2. The van der Waals surface area contributed by atoms with Gasteiger partial charge < -0.3 is 11.1 Å². The van der Waals surface area contributed by atoms with Gasteiger partial charge in [0.2, 0.25) is 0 Å². The third-order valence-corrected chi connectivity index (χ3v) is 12.6. The summed E-state index contributed by atoms with van der Waals surface area (Å²) in [6, 6.07) is 0. The SMILES string of the molecule is Cc1c(C)c(C)c(CNc2c(C)c(C)c(C)c(C)c2C)c(C)c1C.Cc1c(C)c(C)c(F)c(C)c1C.Cc1c(C)c(C)c(N)c(C)c1C. The molecule has 0 aliphatic heterocycles. The number of nitrogens with one attached hydrogen (secondary N) is 1. The number of halogens is 1. The monoisotopic (exact) mass is 653 g/mol. The van der Waals surface area contributed by atoms with Gasteiger partial charge in [-0.3, -0.25) is 0 Å². The van der Waals surface area contributed by atoms with Crippen molar-refractivity contribution in [1.82, 2.24) is 0 Å². The molecule has 0 radical (unpaired) electrons. The molecule has 0 aliphatic rings. The third kappa shape index (κ3) is 7.66. The van der Waals surface area contributed by atoms with Crippen LogP contribution in [0.1, 0.15) is 117 Å². The van der Waals surface area contributed by atoms with E-state index in [2.05, 4.69) is 109 Å². The molecule has 3 heteroatoms. The van der Waals surface area contributed by atoms with Crippen LogP contribution in [0.4, 0.5) is 15.8 Å². The highest BCUT2D eigenvalue weighted by atomic mass is 19.1. The summed E-state index contributed by atoms with van der Waals surface area (Å²) in [5.74, 6) is -0.0457. The van der Waals surface area contributed by atoms with Gasteiger partial charge in [-0.2, -0.15) is 0 Å². The maximum atomic E-state index is 13.4. The smallest absolute Gasteiger partial charge is 0.129 e. The fourth-order valence-corrected chi connectivity index (χ4v) is 6.77. The van der Waals surface area contributed by atoms with Gasteiger partial charge in [0.1, 0.15) is 5.82 Å². The van der Waals surface area contributed by atoms with Crippen LogP contribution in [-0.4, -0.2) is 0 Å². The van der Waals surface area contributed by atoms with Crippen molar-refractivity contribution in [1.29, 1.82) is 0 Å². The predicted octanol–water partition coefficient (Wildman–Crippen LogP) is 12.6. The van der Waals surface area contributed by atoms with E-state index < -0.39 is 0 Å². The molecule has 0 amide bonds. The first-order valence-electron chi connectivity index (χ1n) is 17.4. The molecule has 2 nitrogen and oxygen atoms in total. The fraction of sp³-hybridized carbons (Fsp3) is 0.467. The van der Waals surface area contributed by atoms with Gasteiger partial charge in [0, 0.05) is 17.9 Å². The predicted molar refractivity (Wildman–Crippen MR) is 212 cm³/mol. The quantitative estimate of drug-likeness (QED) is 0.216. The van der Waals surface area contributed by atoms with Crippen LogP contribution in [0.25, 0.3) is 0 Å². The molecule has 0 heterocycles. The lowest BCUT2D eigenvalue weighted by Gasteiger charge is -2.23. The molecule has 48 heavy (non-hydrogen) atoms. The van der Waals surface area contributed by atoms with Gasteiger partial charge in [-0.1, -0.05) is 0 Å². The summed E-state index contributed by atoms with van der Waals surface area (Å²) in [7, 11) is 0. The van der Waals surface area contributed by atoms with E-state index in [9.17, 15) is 4.39 Å². The summed E-state index contributed by atoms with van der Waals surface area (Å²) in [6.07, 6.45) is 0. The van der Waals surface area contributed by atoms with Crippen LogP contribution in [0, 0.1) is 144 Å². The highest BCUT2D eigenvalue weighted by molar-refractivity contribution is 5.65. The Morgan fingerprint density at radius 2 is 0.562 bits per heavy atom. The van der Waals surface area contributed by atoms with Gasteiger partial charge >= 0.3 is 0 Å². The minimum absolute atomic E-state index is 0.0457. The van der Waals surface area contributed by atoms with E-state index >= 15 is 0 Å². The fourth-order valence-electron chi connectivity index (χ4n) is 6.77. The Morgan fingerprint density at radius 3 is 0.875 bits per heavy atom. The molecule has 4 rings (SSSR count). The second kappa shape index (κ2) is 15.7. The maximum absolute atomic E-state index is 13.4. The molecule has 0 saturated carbocycles. The first-order valence-corrected chi connectivity index (χ1v) is 17.4. The van der Waals surface area contributed by atoms with Crippen LogP contribution in [0.2, 0.25) is 0 Å². The Kier molecular flexibility index (Phi) is 13.3. The normalized spacial score (nSPS) is 10.8. The Morgan fingerprint density at radius 1 is 0.333 bits per heavy atom. The number of hydrogen-bond acceptors (Lipinski definition) is 2. The summed E-state index contributed by atoms with van der Waals surface area (Å²) in [4.78, 5) is 0. The average Bonchev–Trinajstić information content (AvgIpc) is 3.07. The molecule has 0 aliphatic carbocycles. The highest BCUT2D eigenvalue weighted by Crippen LogP contribution is 2.32. The van der Waals surface area contributed by atoms with Crippen molar-refractivity contribution in [3.8, 4) is 0 Å².